The monoisotopic (exact) mass is 238 g/mol. The van der Waals surface area contributed by atoms with Crippen LogP contribution in [0.4, 0.5) is 0 Å². The molecule has 0 radical (unpaired) electrons. The molecule has 1 rings (SSSR count). The third-order valence-corrected chi connectivity index (χ3v) is 2.57. The van der Waals surface area contributed by atoms with Crippen LogP contribution >= 0.6 is 0 Å². The molecule has 0 fully saturated rings. The van der Waals surface area contributed by atoms with E-state index in [2.05, 4.69) is 5.32 Å². The number of nitrogens with one attached hydrogen (secondary N) is 1. The molecule has 2 unspecified atom stereocenters. The van der Waals surface area contributed by atoms with Gasteiger partial charge in [-0.15, -0.1) is 0 Å². The van der Waals surface area contributed by atoms with E-state index in [0.29, 0.717) is 0 Å². The Kier molecular flexibility index (Phi) is 7.55. The van der Waals surface area contributed by atoms with Gasteiger partial charge in [0, 0.05) is 5.92 Å². The zero-order valence-corrected chi connectivity index (χ0v) is 11.9. The minimum Gasteiger partial charge on any atom is -0.383 e. The lowest BCUT2D eigenvalue weighted by atomic mass is 9.94. The van der Waals surface area contributed by atoms with Crippen molar-refractivity contribution in [2.45, 2.75) is 39.8 Å². The number of hydrogen-bond acceptors (Lipinski definition) is 3. The number of ketones is 1. The van der Waals surface area contributed by atoms with E-state index in [1.807, 2.05) is 71.1 Å². The molecule has 0 bridgehead atoms. The van der Waals surface area contributed by atoms with Crippen molar-refractivity contribution in [2.24, 2.45) is 5.92 Å². The molecule has 98 valence electrons. The molecular formula is C14H26N2O. The number of carbonyl (C=O) groups is 1. The van der Waals surface area contributed by atoms with Crippen LogP contribution in [0.2, 0.25) is 0 Å². The Morgan fingerprint density at radius 2 is 1.82 bits per heavy atom. The summed E-state index contributed by atoms with van der Waals surface area (Å²) in [5.41, 5.74) is 0. The summed E-state index contributed by atoms with van der Waals surface area (Å²) in [6.45, 7) is 7.89. The summed E-state index contributed by atoms with van der Waals surface area (Å²) >= 11 is 0. The van der Waals surface area contributed by atoms with E-state index in [0.717, 1.165) is 0 Å². The van der Waals surface area contributed by atoms with Crippen LogP contribution in [0.25, 0.3) is 0 Å². The van der Waals surface area contributed by atoms with E-state index >= 15 is 0 Å². The molecule has 0 saturated carbocycles. The predicted molar refractivity (Wildman–Crippen MR) is 73.9 cm³/mol. The minimum atomic E-state index is -0.0915. The van der Waals surface area contributed by atoms with Gasteiger partial charge >= 0.3 is 0 Å². The number of nitrogens with zero attached hydrogens (tertiary/aromatic N) is 1. The van der Waals surface area contributed by atoms with Gasteiger partial charge in [0.25, 0.3) is 0 Å². The second kappa shape index (κ2) is 8.07. The van der Waals surface area contributed by atoms with Gasteiger partial charge in [0.1, 0.15) is 0 Å². The summed E-state index contributed by atoms with van der Waals surface area (Å²) in [4.78, 5) is 14.0. The van der Waals surface area contributed by atoms with Gasteiger partial charge in [-0.1, -0.05) is 39.8 Å². The van der Waals surface area contributed by atoms with Crippen LogP contribution in [0.15, 0.2) is 24.4 Å². The van der Waals surface area contributed by atoms with Crippen molar-refractivity contribution in [1.82, 2.24) is 10.2 Å². The molecular weight excluding hydrogens is 212 g/mol. The van der Waals surface area contributed by atoms with Crippen molar-refractivity contribution in [3.8, 4) is 0 Å². The van der Waals surface area contributed by atoms with Crippen molar-refractivity contribution in [1.29, 1.82) is 0 Å². The Morgan fingerprint density at radius 1 is 1.24 bits per heavy atom. The molecule has 1 aliphatic rings. The highest BCUT2D eigenvalue weighted by Crippen LogP contribution is 2.12. The molecule has 3 heteroatoms. The van der Waals surface area contributed by atoms with Gasteiger partial charge in [-0.05, 0) is 26.4 Å². The molecule has 1 heterocycles. The van der Waals surface area contributed by atoms with Crippen LogP contribution in [-0.4, -0.2) is 36.9 Å². The number of likely N-dealkylation sites (N-methyl/N-ethyl adjacent to an activating group) is 1. The number of carbonyl (C=O) groups excluding carboxylic acids is 1. The fraction of sp³-hybridized carbons (Fsp3) is 0.643. The van der Waals surface area contributed by atoms with Crippen LogP contribution in [0, 0.1) is 5.92 Å². The lowest BCUT2D eigenvalue weighted by Crippen LogP contribution is -2.51. The zero-order valence-electron chi connectivity index (χ0n) is 11.9. The van der Waals surface area contributed by atoms with Crippen LogP contribution < -0.4 is 5.32 Å². The smallest absolute Gasteiger partial charge is 0.154 e. The van der Waals surface area contributed by atoms with E-state index in [1.165, 1.54) is 0 Å². The lowest BCUT2D eigenvalue weighted by Gasteiger charge is -2.31. The Bertz CT molecular complexity index is 280. The van der Waals surface area contributed by atoms with E-state index in [4.69, 9.17) is 0 Å². The van der Waals surface area contributed by atoms with Crippen LogP contribution in [0.1, 0.15) is 27.7 Å². The Hall–Kier alpha value is -1.09. The Labute approximate surface area is 106 Å². The van der Waals surface area contributed by atoms with Crippen molar-refractivity contribution >= 4 is 5.78 Å². The number of Topliss-reactive ketones (excluding diaryl/α,β-unsaturated/α-hetero) is 1. The quantitative estimate of drug-likeness (QED) is 0.815. The van der Waals surface area contributed by atoms with Gasteiger partial charge in [0.05, 0.1) is 12.1 Å². The van der Waals surface area contributed by atoms with Crippen LogP contribution in [-0.2, 0) is 4.79 Å². The number of dihydropyridines is 1. The van der Waals surface area contributed by atoms with Crippen molar-refractivity contribution in [3.63, 3.8) is 0 Å². The maximum absolute atomic E-state index is 12.0. The van der Waals surface area contributed by atoms with Crippen molar-refractivity contribution in [2.75, 3.05) is 14.1 Å². The molecule has 0 aliphatic carbocycles. The molecule has 0 spiro atoms. The summed E-state index contributed by atoms with van der Waals surface area (Å²) < 4.78 is 0. The molecule has 0 aromatic rings. The van der Waals surface area contributed by atoms with Crippen molar-refractivity contribution in [3.05, 3.63) is 24.4 Å². The molecule has 0 aromatic heterocycles. The topological polar surface area (TPSA) is 32.3 Å². The van der Waals surface area contributed by atoms with Gasteiger partial charge < -0.3 is 5.32 Å². The summed E-state index contributed by atoms with van der Waals surface area (Å²) in [5, 5.41) is 3.21. The van der Waals surface area contributed by atoms with E-state index in [-0.39, 0.29) is 23.8 Å². The minimum absolute atomic E-state index is 0.0681. The third kappa shape index (κ3) is 4.73. The van der Waals surface area contributed by atoms with E-state index < -0.39 is 0 Å². The average Bonchev–Trinajstić information content (AvgIpc) is 2.32. The highest BCUT2D eigenvalue weighted by Gasteiger charge is 2.29. The van der Waals surface area contributed by atoms with Gasteiger partial charge in [-0.25, -0.2) is 0 Å². The highest BCUT2D eigenvalue weighted by molar-refractivity contribution is 5.86. The Balaban J connectivity index is 0.00000121. The fourth-order valence-electron chi connectivity index (χ4n) is 1.75. The zero-order chi connectivity index (χ0) is 13.4. The first kappa shape index (κ1) is 15.9. The molecule has 1 N–H and O–H groups in total. The van der Waals surface area contributed by atoms with E-state index in [1.54, 1.807) is 0 Å². The molecule has 17 heavy (non-hydrogen) atoms. The first-order valence-corrected chi connectivity index (χ1v) is 6.33. The molecule has 0 aromatic carbocycles. The average molecular weight is 238 g/mol. The molecule has 0 saturated heterocycles. The molecule has 0 amide bonds. The van der Waals surface area contributed by atoms with E-state index in [9.17, 15) is 4.79 Å². The first-order chi connectivity index (χ1) is 8.04. The molecule has 2 atom stereocenters. The fourth-order valence-corrected chi connectivity index (χ4v) is 1.75. The summed E-state index contributed by atoms with van der Waals surface area (Å²) in [6.07, 6.45) is 7.83. The molecule has 1 aliphatic heterocycles. The summed E-state index contributed by atoms with van der Waals surface area (Å²) in [5.74, 6) is 0.343. The van der Waals surface area contributed by atoms with Gasteiger partial charge in [-0.3, -0.25) is 9.69 Å². The van der Waals surface area contributed by atoms with Crippen LogP contribution in [0.5, 0.6) is 0 Å². The second-order valence-corrected chi connectivity index (χ2v) is 4.40. The number of allylic oxidation sites excluding steroid dienone is 2. The third-order valence-electron chi connectivity index (χ3n) is 2.57. The predicted octanol–water partition coefficient (Wildman–Crippen LogP) is 2.21. The highest BCUT2D eigenvalue weighted by atomic mass is 16.1. The van der Waals surface area contributed by atoms with Gasteiger partial charge in [-0.2, -0.15) is 0 Å². The second-order valence-electron chi connectivity index (χ2n) is 4.40. The number of rotatable bonds is 4. The van der Waals surface area contributed by atoms with Gasteiger partial charge in [0.2, 0.25) is 0 Å². The largest absolute Gasteiger partial charge is 0.383 e. The van der Waals surface area contributed by atoms with Crippen LogP contribution in [0.3, 0.4) is 0 Å². The standard InChI is InChI=1S/C12H20N2O.C2H6/c1-9(2)12(15)11(14(3)4)10-7-5-6-8-13-10;1-2/h5-11,13H,1-4H3;1-2H3. The van der Waals surface area contributed by atoms with Gasteiger partial charge in [0.15, 0.2) is 5.78 Å². The lowest BCUT2D eigenvalue weighted by molar-refractivity contribution is -0.126. The first-order valence-electron chi connectivity index (χ1n) is 6.33. The maximum Gasteiger partial charge on any atom is 0.154 e. The normalized spacial score (nSPS) is 19.6. The Morgan fingerprint density at radius 3 is 2.18 bits per heavy atom. The maximum atomic E-state index is 12.0. The summed E-state index contributed by atoms with van der Waals surface area (Å²) in [7, 11) is 3.89. The number of hydrogen-bond donors (Lipinski definition) is 1. The SMILES string of the molecule is CC.CC(C)C(=O)C(C1C=CC=CN1)N(C)C. The molecule has 3 nitrogen and oxygen atoms in total. The summed E-state index contributed by atoms with van der Waals surface area (Å²) in [6, 6.07) is -0.00824. The van der Waals surface area contributed by atoms with Crippen molar-refractivity contribution < 1.29 is 4.79 Å².